The van der Waals surface area contributed by atoms with Crippen molar-refractivity contribution in [2.75, 3.05) is 18.6 Å². The molecule has 1 saturated heterocycles. The number of halogens is 2. The fourth-order valence-corrected chi connectivity index (χ4v) is 3.79. The highest BCUT2D eigenvalue weighted by atomic mass is 32.2. The second-order valence-corrected chi connectivity index (χ2v) is 6.70. The van der Waals surface area contributed by atoms with E-state index in [9.17, 15) is 22.0 Å². The Labute approximate surface area is 114 Å². The van der Waals surface area contributed by atoms with Gasteiger partial charge < -0.3 is 4.74 Å². The maximum absolute atomic E-state index is 13.2. The van der Waals surface area contributed by atoms with Gasteiger partial charge in [0, 0.05) is 6.04 Å². The van der Waals surface area contributed by atoms with Gasteiger partial charge in [-0.1, -0.05) is 6.07 Å². The predicted octanol–water partition coefficient (Wildman–Crippen LogP) is 0.565. The summed E-state index contributed by atoms with van der Waals surface area (Å²) in [5, 5.41) is 2.78. The number of sulfone groups is 1. The molecule has 5 nitrogen and oxygen atoms in total. The van der Waals surface area contributed by atoms with Gasteiger partial charge in [-0.2, -0.15) is 0 Å². The molecule has 2 rings (SSSR count). The van der Waals surface area contributed by atoms with Crippen LogP contribution in [0.5, 0.6) is 0 Å². The molecular weight excluding hydrogens is 292 g/mol. The van der Waals surface area contributed by atoms with Crippen molar-refractivity contribution in [2.45, 2.75) is 12.1 Å². The average Bonchev–Trinajstić information content (AvgIpc) is 2.39. The van der Waals surface area contributed by atoms with Crippen molar-refractivity contribution in [1.29, 1.82) is 0 Å². The Balaban J connectivity index is 2.30. The zero-order valence-electron chi connectivity index (χ0n) is 10.6. The van der Waals surface area contributed by atoms with E-state index in [4.69, 9.17) is 0 Å². The summed E-state index contributed by atoms with van der Waals surface area (Å²) in [6, 6.07) is 1.32. The number of methoxy groups -OCH3 is 1. The van der Waals surface area contributed by atoms with Gasteiger partial charge in [-0.15, -0.1) is 0 Å². The van der Waals surface area contributed by atoms with Crippen molar-refractivity contribution in [3.8, 4) is 0 Å². The lowest BCUT2D eigenvalue weighted by molar-refractivity contribution is -0.142. The van der Waals surface area contributed by atoms with E-state index >= 15 is 0 Å². The van der Waals surface area contributed by atoms with Crippen LogP contribution in [0.25, 0.3) is 0 Å². The van der Waals surface area contributed by atoms with Gasteiger partial charge in [0.25, 0.3) is 0 Å². The maximum Gasteiger partial charge on any atom is 0.323 e. The first-order valence-corrected chi connectivity index (χ1v) is 7.64. The van der Waals surface area contributed by atoms with Crippen LogP contribution in [0.3, 0.4) is 0 Å². The van der Waals surface area contributed by atoms with Gasteiger partial charge in [-0.3, -0.25) is 10.1 Å². The molecule has 0 amide bonds. The van der Waals surface area contributed by atoms with Crippen LogP contribution in [-0.2, 0) is 19.4 Å². The normalized spacial score (nSPS) is 25.1. The van der Waals surface area contributed by atoms with E-state index in [0.717, 1.165) is 19.2 Å². The van der Waals surface area contributed by atoms with E-state index in [1.165, 1.54) is 6.07 Å². The number of rotatable bonds is 2. The van der Waals surface area contributed by atoms with Crippen LogP contribution in [0.2, 0.25) is 0 Å². The summed E-state index contributed by atoms with van der Waals surface area (Å²) in [5.74, 6) is -3.45. The van der Waals surface area contributed by atoms with E-state index in [2.05, 4.69) is 10.1 Å². The Bertz CT molecular complexity index is 632. The second kappa shape index (κ2) is 5.45. The molecule has 0 saturated carbocycles. The van der Waals surface area contributed by atoms with Gasteiger partial charge in [0.15, 0.2) is 21.5 Å². The molecule has 0 aliphatic carbocycles. The maximum atomic E-state index is 13.2. The zero-order valence-corrected chi connectivity index (χ0v) is 11.4. The first kappa shape index (κ1) is 14.9. The fraction of sp³-hybridized carbons (Fsp3) is 0.417. The summed E-state index contributed by atoms with van der Waals surface area (Å²) < 4.78 is 54.2. The molecule has 1 aliphatic heterocycles. The summed E-state index contributed by atoms with van der Waals surface area (Å²) in [4.78, 5) is 11.5. The molecule has 2 unspecified atom stereocenters. The van der Waals surface area contributed by atoms with E-state index < -0.39 is 39.5 Å². The van der Waals surface area contributed by atoms with Crippen molar-refractivity contribution in [3.63, 3.8) is 0 Å². The predicted molar refractivity (Wildman–Crippen MR) is 66.7 cm³/mol. The molecule has 20 heavy (non-hydrogen) atoms. The fourth-order valence-electron chi connectivity index (χ4n) is 2.11. The number of nitrogens with one attached hydrogen (secondary N) is 1. The van der Waals surface area contributed by atoms with Crippen molar-refractivity contribution in [1.82, 2.24) is 5.32 Å². The Morgan fingerprint density at radius 3 is 2.60 bits per heavy atom. The molecule has 1 aromatic rings. The van der Waals surface area contributed by atoms with Crippen LogP contribution in [0, 0.1) is 11.6 Å². The molecule has 1 fully saturated rings. The minimum absolute atomic E-state index is 0.265. The third-order valence-electron chi connectivity index (χ3n) is 3.08. The summed E-state index contributed by atoms with van der Waals surface area (Å²) in [6.07, 6.45) is 0. The first-order valence-electron chi connectivity index (χ1n) is 5.81. The summed E-state index contributed by atoms with van der Waals surface area (Å²) in [7, 11) is -2.34. The Kier molecular flexibility index (Phi) is 4.05. The Morgan fingerprint density at radius 1 is 1.30 bits per heavy atom. The van der Waals surface area contributed by atoms with E-state index in [1.54, 1.807) is 0 Å². The lowest BCUT2D eigenvalue weighted by atomic mass is 10.1. The van der Waals surface area contributed by atoms with Crippen LogP contribution in [0.15, 0.2) is 18.2 Å². The molecule has 0 spiro atoms. The summed E-state index contributed by atoms with van der Waals surface area (Å²) in [5.41, 5.74) is 0.265. The van der Waals surface area contributed by atoms with E-state index in [1.807, 2.05) is 0 Å². The van der Waals surface area contributed by atoms with Gasteiger partial charge in [-0.05, 0) is 17.7 Å². The Morgan fingerprint density at radius 2 is 2.00 bits per heavy atom. The third-order valence-corrected chi connectivity index (χ3v) is 4.76. The van der Waals surface area contributed by atoms with Crippen molar-refractivity contribution in [2.24, 2.45) is 0 Å². The smallest absolute Gasteiger partial charge is 0.323 e. The number of ether oxygens (including phenoxy) is 1. The van der Waals surface area contributed by atoms with Gasteiger partial charge in [0.05, 0.1) is 18.6 Å². The number of hydrogen-bond acceptors (Lipinski definition) is 5. The summed E-state index contributed by atoms with van der Waals surface area (Å²) in [6.45, 7) is 0. The van der Waals surface area contributed by atoms with E-state index in [0.29, 0.717) is 0 Å². The topological polar surface area (TPSA) is 72.5 Å². The highest BCUT2D eigenvalue weighted by Gasteiger charge is 2.36. The highest BCUT2D eigenvalue weighted by Crippen LogP contribution is 2.23. The number of benzene rings is 1. The lowest BCUT2D eigenvalue weighted by Crippen LogP contribution is -2.51. The molecule has 0 aromatic heterocycles. The van der Waals surface area contributed by atoms with Crippen molar-refractivity contribution < 1.29 is 26.7 Å². The third kappa shape index (κ3) is 3.13. The molecule has 1 heterocycles. The molecular formula is C12H13F2NO4S. The van der Waals surface area contributed by atoms with Crippen LogP contribution >= 0.6 is 0 Å². The van der Waals surface area contributed by atoms with Gasteiger partial charge in [0.2, 0.25) is 0 Å². The van der Waals surface area contributed by atoms with Crippen molar-refractivity contribution in [3.05, 3.63) is 35.4 Å². The monoisotopic (exact) mass is 305 g/mol. The van der Waals surface area contributed by atoms with E-state index in [-0.39, 0.29) is 17.1 Å². The van der Waals surface area contributed by atoms with Crippen LogP contribution in [0.1, 0.15) is 11.6 Å². The molecule has 1 aromatic carbocycles. The minimum Gasteiger partial charge on any atom is -0.468 e. The first-order chi connectivity index (χ1) is 9.32. The van der Waals surface area contributed by atoms with Crippen molar-refractivity contribution >= 4 is 15.8 Å². The number of esters is 1. The lowest BCUT2D eigenvalue weighted by Gasteiger charge is -2.29. The average molecular weight is 305 g/mol. The molecule has 110 valence electrons. The highest BCUT2D eigenvalue weighted by molar-refractivity contribution is 7.91. The van der Waals surface area contributed by atoms with Gasteiger partial charge in [0.1, 0.15) is 6.04 Å². The van der Waals surface area contributed by atoms with Crippen LogP contribution in [0.4, 0.5) is 8.78 Å². The largest absolute Gasteiger partial charge is 0.468 e. The molecule has 0 radical (unpaired) electrons. The van der Waals surface area contributed by atoms with Gasteiger partial charge >= 0.3 is 5.97 Å². The van der Waals surface area contributed by atoms with Crippen LogP contribution in [-0.4, -0.2) is 39.0 Å². The number of carbonyl (C=O) groups is 1. The summed E-state index contributed by atoms with van der Waals surface area (Å²) >= 11 is 0. The SMILES string of the molecule is COC(=O)C1CS(=O)(=O)CC(c2ccc(F)c(F)c2)N1. The minimum atomic E-state index is -3.49. The molecule has 8 heteroatoms. The van der Waals surface area contributed by atoms with Crippen LogP contribution < -0.4 is 5.32 Å². The molecule has 1 N–H and O–H groups in total. The molecule has 0 bridgehead atoms. The second-order valence-electron chi connectivity index (χ2n) is 4.55. The molecule has 2 atom stereocenters. The zero-order chi connectivity index (χ0) is 14.9. The quantitative estimate of drug-likeness (QED) is 0.809. The Hall–Kier alpha value is -1.54. The number of carbonyl (C=O) groups excluding carboxylic acids is 1. The standard InChI is InChI=1S/C12H13F2NO4S/c1-19-12(16)11-6-20(17,18)5-10(15-11)7-2-3-8(13)9(14)4-7/h2-4,10-11,15H,5-6H2,1H3. The molecule has 1 aliphatic rings. The van der Waals surface area contributed by atoms with Gasteiger partial charge in [-0.25, -0.2) is 17.2 Å². The number of hydrogen-bond donors (Lipinski definition) is 1.